The second kappa shape index (κ2) is 7.92. The van der Waals surface area contributed by atoms with E-state index in [0.717, 1.165) is 0 Å². The van der Waals surface area contributed by atoms with Gasteiger partial charge in [-0.15, -0.1) is 11.8 Å². The minimum atomic E-state index is -3.75. The summed E-state index contributed by atoms with van der Waals surface area (Å²) < 4.78 is 43.3. The third-order valence-corrected chi connectivity index (χ3v) is 5.05. The minimum absolute atomic E-state index is 0.0724. The zero-order valence-electron chi connectivity index (χ0n) is 13.3. The van der Waals surface area contributed by atoms with Crippen LogP contribution in [0, 0.1) is 5.82 Å². The first-order valence-corrected chi connectivity index (χ1v) is 9.10. The second-order valence-electron chi connectivity index (χ2n) is 5.28. The maximum Gasteiger partial charge on any atom is 0.400 e. The summed E-state index contributed by atoms with van der Waals surface area (Å²) in [6.07, 6.45) is 0. The first kappa shape index (κ1) is 19.7. The summed E-state index contributed by atoms with van der Waals surface area (Å²) in [6, 6.07) is 9.97. The molecule has 27 heavy (non-hydrogen) atoms. The monoisotopic (exact) mass is 432 g/mol. The van der Waals surface area contributed by atoms with Gasteiger partial charge in [-0.2, -0.15) is 13.8 Å². The van der Waals surface area contributed by atoms with Crippen LogP contribution >= 0.6 is 35.0 Å². The minimum Gasteiger partial charge on any atom is -0.331 e. The van der Waals surface area contributed by atoms with Gasteiger partial charge in [0.1, 0.15) is 5.82 Å². The van der Waals surface area contributed by atoms with Crippen molar-refractivity contribution in [1.29, 1.82) is 0 Å². The molecule has 140 valence electrons. The van der Waals surface area contributed by atoms with E-state index in [4.69, 9.17) is 23.2 Å². The van der Waals surface area contributed by atoms with Gasteiger partial charge >= 0.3 is 11.3 Å². The van der Waals surface area contributed by atoms with Gasteiger partial charge in [0.2, 0.25) is 5.82 Å². The van der Waals surface area contributed by atoms with Crippen molar-refractivity contribution in [2.75, 3.05) is 5.75 Å². The van der Waals surface area contributed by atoms with Gasteiger partial charge < -0.3 is 4.52 Å². The Morgan fingerprint density at radius 2 is 1.89 bits per heavy atom. The van der Waals surface area contributed by atoms with Gasteiger partial charge in [-0.05, 0) is 29.8 Å². The molecule has 3 rings (SSSR count). The number of alkyl halides is 3. The smallest absolute Gasteiger partial charge is 0.331 e. The number of thioether (sulfide) groups is 1. The van der Waals surface area contributed by atoms with Gasteiger partial charge in [0.25, 0.3) is 0 Å². The molecule has 0 atom stereocenters. The van der Waals surface area contributed by atoms with Crippen molar-refractivity contribution >= 4 is 40.7 Å². The molecule has 10 heteroatoms. The molecule has 0 aliphatic rings. The molecule has 0 spiro atoms. The third-order valence-electron chi connectivity index (χ3n) is 3.39. The molecular weight excluding hydrogens is 424 g/mol. The summed E-state index contributed by atoms with van der Waals surface area (Å²) in [6.45, 7) is 0. The number of ketones is 1. The molecule has 1 aromatic heterocycles. The first-order valence-electron chi connectivity index (χ1n) is 7.36. The van der Waals surface area contributed by atoms with Crippen molar-refractivity contribution in [3.05, 3.63) is 64.8 Å². The van der Waals surface area contributed by atoms with Crippen LogP contribution in [0.2, 0.25) is 5.02 Å². The number of carbonyl (C=O) groups excluding carboxylic acids is 1. The molecule has 0 aliphatic carbocycles. The summed E-state index contributed by atoms with van der Waals surface area (Å²) in [7, 11) is 0. The van der Waals surface area contributed by atoms with E-state index in [9.17, 15) is 18.0 Å². The highest BCUT2D eigenvalue weighted by molar-refractivity contribution is 8.00. The summed E-state index contributed by atoms with van der Waals surface area (Å²) in [4.78, 5) is 16.4. The number of Topliss-reactive ketones (excluding diaryl/α,β-unsaturated/α-hetero) is 1. The van der Waals surface area contributed by atoms with Crippen LogP contribution in [-0.2, 0) is 5.38 Å². The van der Waals surface area contributed by atoms with Crippen molar-refractivity contribution < 1.29 is 22.5 Å². The number of halogens is 5. The predicted molar refractivity (Wildman–Crippen MR) is 95.9 cm³/mol. The Hall–Kier alpha value is -2.03. The van der Waals surface area contributed by atoms with Crippen molar-refractivity contribution in [2.24, 2.45) is 0 Å². The Morgan fingerprint density at radius 3 is 2.48 bits per heavy atom. The quantitative estimate of drug-likeness (QED) is 0.280. The first-order chi connectivity index (χ1) is 12.7. The van der Waals surface area contributed by atoms with Crippen molar-refractivity contribution in [2.45, 2.75) is 10.3 Å². The van der Waals surface area contributed by atoms with Crippen LogP contribution in [0.1, 0.15) is 16.2 Å². The number of nitrogens with zero attached hydrogens (tertiary/aromatic N) is 2. The zero-order valence-corrected chi connectivity index (χ0v) is 15.6. The molecule has 0 radical (unpaired) electrons. The Morgan fingerprint density at radius 1 is 1.19 bits per heavy atom. The lowest BCUT2D eigenvalue weighted by atomic mass is 10.1. The summed E-state index contributed by atoms with van der Waals surface area (Å²) in [5, 5.41) is -0.0858. The highest BCUT2D eigenvalue weighted by Crippen LogP contribution is 2.32. The fourth-order valence-electron chi connectivity index (χ4n) is 2.08. The standard InChI is InChI=1S/C17H9Cl2F3N2O2S/c18-12-7-11(20)5-6-14(12)27-8-13(25)9-1-3-10(4-2-9)15-23-16(26-24-15)17(19,21)22/h1-7H,8H2. The van der Waals surface area contributed by atoms with E-state index >= 15 is 0 Å². The van der Waals surface area contributed by atoms with Crippen LogP contribution in [-0.4, -0.2) is 21.7 Å². The van der Waals surface area contributed by atoms with Gasteiger partial charge in [-0.25, -0.2) is 4.39 Å². The molecule has 0 fully saturated rings. The number of carbonyl (C=O) groups is 1. The van der Waals surface area contributed by atoms with Crippen LogP contribution in [0.4, 0.5) is 13.2 Å². The van der Waals surface area contributed by atoms with Gasteiger partial charge in [0.05, 0.1) is 10.8 Å². The molecule has 0 saturated heterocycles. The number of aromatic nitrogens is 2. The maximum atomic E-state index is 13.0. The zero-order chi connectivity index (χ0) is 19.6. The normalized spacial score (nSPS) is 11.6. The Kier molecular flexibility index (Phi) is 5.78. The van der Waals surface area contributed by atoms with Crippen molar-refractivity contribution in [1.82, 2.24) is 10.1 Å². The van der Waals surface area contributed by atoms with E-state index in [0.29, 0.717) is 16.0 Å². The molecule has 2 aromatic carbocycles. The molecule has 0 aliphatic heterocycles. The number of benzene rings is 2. The molecule has 1 heterocycles. The fourth-order valence-corrected chi connectivity index (χ4v) is 3.30. The predicted octanol–water partition coefficient (Wildman–Crippen LogP) is 5.79. The average Bonchev–Trinajstić information content (AvgIpc) is 3.11. The van der Waals surface area contributed by atoms with Gasteiger partial charge in [-0.1, -0.05) is 41.0 Å². The molecule has 0 unspecified atom stereocenters. The molecule has 4 nitrogen and oxygen atoms in total. The van der Waals surface area contributed by atoms with E-state index in [1.165, 1.54) is 54.2 Å². The van der Waals surface area contributed by atoms with Gasteiger partial charge in [0, 0.05) is 16.0 Å². The fraction of sp³-hybridized carbons (Fsp3) is 0.118. The Bertz CT molecular complexity index is 975. The van der Waals surface area contributed by atoms with E-state index < -0.39 is 17.1 Å². The highest BCUT2D eigenvalue weighted by atomic mass is 35.5. The lowest BCUT2D eigenvalue weighted by molar-refractivity contribution is 0.0551. The van der Waals surface area contributed by atoms with E-state index in [2.05, 4.69) is 14.7 Å². The number of hydrogen-bond donors (Lipinski definition) is 0. The van der Waals surface area contributed by atoms with Crippen LogP contribution in [0.25, 0.3) is 11.4 Å². The molecule has 3 aromatic rings. The maximum absolute atomic E-state index is 13.0. The number of rotatable bonds is 6. The highest BCUT2D eigenvalue weighted by Gasteiger charge is 2.35. The largest absolute Gasteiger partial charge is 0.400 e. The summed E-state index contributed by atoms with van der Waals surface area (Å²) in [5.74, 6) is -1.63. The third kappa shape index (κ3) is 4.82. The molecule has 0 saturated carbocycles. The van der Waals surface area contributed by atoms with Crippen LogP contribution in [0.5, 0.6) is 0 Å². The summed E-state index contributed by atoms with van der Waals surface area (Å²) >= 11 is 11.9. The average molecular weight is 433 g/mol. The summed E-state index contributed by atoms with van der Waals surface area (Å²) in [5.41, 5.74) is 0.785. The van der Waals surface area contributed by atoms with Gasteiger partial charge in [-0.3, -0.25) is 4.79 Å². The van der Waals surface area contributed by atoms with Crippen molar-refractivity contribution in [3.8, 4) is 11.4 Å². The Balaban J connectivity index is 1.67. The lowest BCUT2D eigenvalue weighted by Crippen LogP contribution is -2.03. The molecule has 0 bridgehead atoms. The molecular formula is C17H9Cl2F3N2O2S. The van der Waals surface area contributed by atoms with Crippen molar-refractivity contribution in [3.63, 3.8) is 0 Å². The van der Waals surface area contributed by atoms with Crippen LogP contribution in [0.15, 0.2) is 51.9 Å². The molecule has 0 amide bonds. The Labute approximate surface area is 165 Å². The molecule has 0 N–H and O–H groups in total. The van der Waals surface area contributed by atoms with E-state index in [-0.39, 0.29) is 22.4 Å². The van der Waals surface area contributed by atoms with E-state index in [1.807, 2.05) is 0 Å². The lowest BCUT2D eigenvalue weighted by Gasteiger charge is -2.04. The SMILES string of the molecule is O=C(CSc1ccc(F)cc1Cl)c1ccc(-c2noc(C(F)(F)Cl)n2)cc1. The van der Waals surface area contributed by atoms with Crippen LogP contribution < -0.4 is 0 Å². The second-order valence-corrected chi connectivity index (χ2v) is 7.18. The van der Waals surface area contributed by atoms with E-state index in [1.54, 1.807) is 0 Å². The number of hydrogen-bond acceptors (Lipinski definition) is 5. The van der Waals surface area contributed by atoms with Gasteiger partial charge in [0.15, 0.2) is 5.78 Å². The van der Waals surface area contributed by atoms with Crippen LogP contribution in [0.3, 0.4) is 0 Å². The topological polar surface area (TPSA) is 56.0 Å².